The van der Waals surface area contributed by atoms with Crippen LogP contribution in [0.5, 0.6) is 11.5 Å². The van der Waals surface area contributed by atoms with Crippen LogP contribution >= 0.6 is 0 Å². The van der Waals surface area contributed by atoms with Gasteiger partial charge in [0.1, 0.15) is 5.82 Å². The Morgan fingerprint density at radius 1 is 1.06 bits per heavy atom. The summed E-state index contributed by atoms with van der Waals surface area (Å²) in [6.07, 6.45) is 1.50. The number of para-hydroxylation sites is 1. The molecule has 0 bridgehead atoms. The van der Waals surface area contributed by atoms with E-state index < -0.39 is 0 Å². The number of aromatic hydroxyl groups is 1. The predicted molar refractivity (Wildman–Crippen MR) is 128 cm³/mol. The first-order valence-electron chi connectivity index (χ1n) is 11.4. The van der Waals surface area contributed by atoms with Gasteiger partial charge in [-0.1, -0.05) is 36.4 Å². The number of benzene rings is 3. The molecular formula is C27H29FN2O3. The number of nitrogens with one attached hydrogen (secondary N) is 1. The fraction of sp³-hybridized carbons (Fsp3) is 0.296. The molecule has 1 aliphatic rings. The average Bonchev–Trinajstić information content (AvgIpc) is 2.82. The molecule has 2 N–H and O–H groups in total. The Labute approximate surface area is 193 Å². The molecule has 1 heterocycles. The molecule has 1 amide bonds. The Balaban J connectivity index is 1.33. The molecule has 0 unspecified atom stereocenters. The second kappa shape index (κ2) is 10.5. The molecular weight excluding hydrogens is 419 g/mol. The smallest absolute Gasteiger partial charge is 0.227 e. The number of hydrogen-bond acceptors (Lipinski definition) is 4. The second-order valence-corrected chi connectivity index (χ2v) is 8.33. The first kappa shape index (κ1) is 22.8. The Hall–Kier alpha value is -3.38. The van der Waals surface area contributed by atoms with E-state index in [1.54, 1.807) is 12.1 Å². The number of rotatable bonds is 7. The van der Waals surface area contributed by atoms with Crippen molar-refractivity contribution in [1.82, 2.24) is 4.90 Å². The third-order valence-corrected chi connectivity index (χ3v) is 6.02. The van der Waals surface area contributed by atoms with Crippen LogP contribution < -0.4 is 10.1 Å². The van der Waals surface area contributed by atoms with Crippen molar-refractivity contribution in [3.05, 3.63) is 78.1 Å². The van der Waals surface area contributed by atoms with E-state index in [4.69, 9.17) is 4.74 Å². The number of likely N-dealkylation sites (tertiary alicyclic amines) is 1. The number of carbonyl (C=O) groups is 1. The number of piperidine rings is 1. The maximum Gasteiger partial charge on any atom is 0.227 e. The lowest BCUT2D eigenvalue weighted by Gasteiger charge is -2.31. The van der Waals surface area contributed by atoms with Crippen LogP contribution in [0, 0.1) is 11.7 Å². The summed E-state index contributed by atoms with van der Waals surface area (Å²) in [5.74, 6) is 0.350. The summed E-state index contributed by atoms with van der Waals surface area (Å²) < 4.78 is 19.0. The molecule has 0 saturated carbocycles. The first-order valence-corrected chi connectivity index (χ1v) is 11.4. The molecule has 0 aliphatic carbocycles. The van der Waals surface area contributed by atoms with Crippen molar-refractivity contribution in [1.29, 1.82) is 0 Å². The zero-order valence-corrected chi connectivity index (χ0v) is 18.8. The monoisotopic (exact) mass is 448 g/mol. The molecule has 3 aromatic carbocycles. The Morgan fingerprint density at radius 3 is 2.48 bits per heavy atom. The van der Waals surface area contributed by atoms with E-state index in [0.29, 0.717) is 24.6 Å². The molecule has 1 aliphatic heterocycles. The summed E-state index contributed by atoms with van der Waals surface area (Å²) in [6, 6.07) is 19.5. The van der Waals surface area contributed by atoms with Gasteiger partial charge in [-0.3, -0.25) is 9.69 Å². The molecule has 4 rings (SSSR count). The van der Waals surface area contributed by atoms with Crippen LogP contribution in [0.15, 0.2) is 66.7 Å². The maximum absolute atomic E-state index is 13.6. The van der Waals surface area contributed by atoms with E-state index in [2.05, 4.69) is 10.2 Å². The van der Waals surface area contributed by atoms with Crippen LogP contribution in [0.2, 0.25) is 0 Å². The van der Waals surface area contributed by atoms with Crippen molar-refractivity contribution in [3.8, 4) is 22.6 Å². The van der Waals surface area contributed by atoms with Gasteiger partial charge in [0.05, 0.1) is 6.61 Å². The number of amides is 1. The van der Waals surface area contributed by atoms with Gasteiger partial charge in [0.25, 0.3) is 0 Å². The first-order chi connectivity index (χ1) is 16.0. The third kappa shape index (κ3) is 5.71. The number of phenolic OH excluding ortho intramolecular Hbond substituents is 1. The maximum atomic E-state index is 13.6. The zero-order chi connectivity index (χ0) is 23.2. The lowest BCUT2D eigenvalue weighted by molar-refractivity contribution is -0.121. The highest BCUT2D eigenvalue weighted by Crippen LogP contribution is 2.32. The SMILES string of the molecule is CCOc1cccc(CN2CCC(C(=O)Nc3cccc(-c4cccc(F)c4)c3)CC2)c1O. The van der Waals surface area contributed by atoms with Crippen molar-refractivity contribution < 1.29 is 19.0 Å². The van der Waals surface area contributed by atoms with Crippen molar-refractivity contribution in [2.24, 2.45) is 5.92 Å². The minimum Gasteiger partial charge on any atom is -0.504 e. The van der Waals surface area contributed by atoms with E-state index in [-0.39, 0.29) is 23.4 Å². The molecule has 1 saturated heterocycles. The Kier molecular flexibility index (Phi) is 7.25. The van der Waals surface area contributed by atoms with Gasteiger partial charge in [-0.15, -0.1) is 0 Å². The second-order valence-electron chi connectivity index (χ2n) is 8.33. The van der Waals surface area contributed by atoms with E-state index >= 15 is 0 Å². The molecule has 33 heavy (non-hydrogen) atoms. The molecule has 0 spiro atoms. The number of carbonyl (C=O) groups excluding carboxylic acids is 1. The Morgan fingerprint density at radius 2 is 1.76 bits per heavy atom. The highest BCUT2D eigenvalue weighted by Gasteiger charge is 2.25. The fourth-order valence-electron chi connectivity index (χ4n) is 4.25. The van der Waals surface area contributed by atoms with Crippen molar-refractivity contribution >= 4 is 11.6 Å². The summed E-state index contributed by atoms with van der Waals surface area (Å²) in [6.45, 7) is 4.57. The van der Waals surface area contributed by atoms with Gasteiger partial charge < -0.3 is 15.2 Å². The topological polar surface area (TPSA) is 61.8 Å². The van der Waals surface area contributed by atoms with Gasteiger partial charge in [0.2, 0.25) is 5.91 Å². The van der Waals surface area contributed by atoms with E-state index in [9.17, 15) is 14.3 Å². The molecule has 6 heteroatoms. The van der Waals surface area contributed by atoms with E-state index in [1.807, 2.05) is 49.4 Å². The molecule has 3 aromatic rings. The van der Waals surface area contributed by atoms with Gasteiger partial charge in [-0.05, 0) is 74.3 Å². The number of hydrogen-bond donors (Lipinski definition) is 2. The lowest BCUT2D eigenvalue weighted by atomic mass is 9.95. The van der Waals surface area contributed by atoms with E-state index in [0.717, 1.165) is 42.6 Å². The number of ether oxygens (including phenoxy) is 1. The largest absolute Gasteiger partial charge is 0.504 e. The van der Waals surface area contributed by atoms with Crippen LogP contribution in [0.3, 0.4) is 0 Å². The Bertz CT molecular complexity index is 1110. The van der Waals surface area contributed by atoms with Gasteiger partial charge in [0, 0.05) is 23.7 Å². The van der Waals surface area contributed by atoms with Gasteiger partial charge in [-0.25, -0.2) is 4.39 Å². The van der Waals surface area contributed by atoms with Crippen molar-refractivity contribution in [2.45, 2.75) is 26.3 Å². The average molecular weight is 449 g/mol. The molecule has 0 radical (unpaired) electrons. The van der Waals surface area contributed by atoms with Crippen LogP contribution in [0.25, 0.3) is 11.1 Å². The summed E-state index contributed by atoms with van der Waals surface area (Å²) in [4.78, 5) is 15.1. The van der Waals surface area contributed by atoms with Crippen LogP contribution in [0.1, 0.15) is 25.3 Å². The standard InChI is InChI=1S/C27H29FN2O3/c1-2-33-25-11-5-8-22(26(25)31)18-30-14-12-19(13-15-30)27(32)29-24-10-4-7-21(17-24)20-6-3-9-23(28)16-20/h3-11,16-17,19,31H,2,12-15,18H2,1H3,(H,29,32). The molecule has 5 nitrogen and oxygen atoms in total. The quantitative estimate of drug-likeness (QED) is 0.505. The minimum absolute atomic E-state index is 0.00670. The third-order valence-electron chi connectivity index (χ3n) is 6.02. The fourth-order valence-corrected chi connectivity index (χ4v) is 4.25. The molecule has 0 aromatic heterocycles. The van der Waals surface area contributed by atoms with Crippen molar-refractivity contribution in [3.63, 3.8) is 0 Å². The summed E-state index contributed by atoms with van der Waals surface area (Å²) in [5, 5.41) is 13.5. The zero-order valence-electron chi connectivity index (χ0n) is 18.8. The molecule has 0 atom stereocenters. The molecule has 1 fully saturated rings. The normalized spacial score (nSPS) is 14.7. The van der Waals surface area contributed by atoms with Gasteiger partial charge in [-0.2, -0.15) is 0 Å². The van der Waals surface area contributed by atoms with Crippen LogP contribution in [0.4, 0.5) is 10.1 Å². The minimum atomic E-state index is -0.286. The van der Waals surface area contributed by atoms with Gasteiger partial charge >= 0.3 is 0 Å². The predicted octanol–water partition coefficient (Wildman–Crippen LogP) is 5.45. The summed E-state index contributed by atoms with van der Waals surface area (Å²) in [5.41, 5.74) is 3.17. The summed E-state index contributed by atoms with van der Waals surface area (Å²) in [7, 11) is 0. The number of phenols is 1. The summed E-state index contributed by atoms with van der Waals surface area (Å²) >= 11 is 0. The number of halogens is 1. The highest BCUT2D eigenvalue weighted by atomic mass is 19.1. The van der Waals surface area contributed by atoms with Gasteiger partial charge in [0.15, 0.2) is 11.5 Å². The van der Waals surface area contributed by atoms with Crippen molar-refractivity contribution in [2.75, 3.05) is 25.0 Å². The van der Waals surface area contributed by atoms with Crippen LogP contribution in [-0.2, 0) is 11.3 Å². The van der Waals surface area contributed by atoms with E-state index in [1.165, 1.54) is 12.1 Å². The van der Waals surface area contributed by atoms with Crippen LogP contribution in [-0.4, -0.2) is 35.6 Å². The molecule has 172 valence electrons. The number of anilines is 1. The highest BCUT2D eigenvalue weighted by molar-refractivity contribution is 5.93. The lowest BCUT2D eigenvalue weighted by Crippen LogP contribution is -2.37. The number of nitrogens with zero attached hydrogens (tertiary/aromatic N) is 1.